The van der Waals surface area contributed by atoms with Crippen LogP contribution in [-0.4, -0.2) is 63.2 Å². The van der Waals surface area contributed by atoms with Crippen molar-refractivity contribution >= 4 is 47.4 Å². The number of carbonyl (C=O) groups is 1. The van der Waals surface area contributed by atoms with E-state index in [4.69, 9.17) is 0 Å². The summed E-state index contributed by atoms with van der Waals surface area (Å²) in [5.41, 5.74) is 0.893. The molecule has 1 atom stereocenters. The molecule has 2 aromatic rings. The number of nitrogens with one attached hydrogen (secondary N) is 1. The van der Waals surface area contributed by atoms with Crippen molar-refractivity contribution < 1.29 is 4.79 Å². The van der Waals surface area contributed by atoms with Gasteiger partial charge in [-0.3, -0.25) is 9.48 Å². The minimum absolute atomic E-state index is 0. The Hall–Kier alpha value is -1.42. The molecule has 0 spiro atoms. The summed E-state index contributed by atoms with van der Waals surface area (Å²) in [6.07, 6.45) is 4.47. The molecule has 1 amide bonds. The second-order valence-corrected chi connectivity index (χ2v) is 6.56. The lowest BCUT2D eigenvalue weighted by atomic mass is 10.1. The Bertz CT molecular complexity index is 700. The maximum atomic E-state index is 12.8. The molecule has 146 valence electrons. The molecule has 3 rings (SSSR count). The molecule has 0 aliphatic carbocycles. The molecule has 1 N–H and O–H groups in total. The molecule has 1 unspecified atom stereocenters. The predicted octanol–water partition coefficient (Wildman–Crippen LogP) is 1.29. The molecule has 2 aromatic heterocycles. The Morgan fingerprint density at radius 3 is 2.50 bits per heavy atom. The largest absolute Gasteiger partial charge is 0.343 e. The average Bonchev–Trinajstić information content (AvgIpc) is 3.25. The zero-order chi connectivity index (χ0) is 17.1. The van der Waals surface area contributed by atoms with Crippen LogP contribution in [0, 0.1) is 0 Å². The number of halogens is 2. The number of hydrogen-bond donors (Lipinski definition) is 1. The van der Waals surface area contributed by atoms with Crippen molar-refractivity contribution in [1.29, 1.82) is 0 Å². The molecule has 0 bridgehead atoms. The van der Waals surface area contributed by atoms with E-state index in [0.29, 0.717) is 13.1 Å². The highest BCUT2D eigenvalue weighted by Crippen LogP contribution is 2.21. The van der Waals surface area contributed by atoms with Gasteiger partial charge in [0, 0.05) is 62.9 Å². The minimum atomic E-state index is -0.349. The first-order valence-electron chi connectivity index (χ1n) is 8.14. The molecular weight excluding hydrogens is 397 g/mol. The van der Waals surface area contributed by atoms with E-state index in [1.165, 1.54) is 11.5 Å². The summed E-state index contributed by atoms with van der Waals surface area (Å²) in [5, 5.41) is 8.22. The maximum Gasteiger partial charge on any atom is 0.244 e. The molecule has 1 aliphatic rings. The van der Waals surface area contributed by atoms with Crippen LogP contribution < -0.4 is 10.2 Å². The first-order chi connectivity index (χ1) is 11.6. The molecule has 1 fully saturated rings. The fourth-order valence-corrected chi connectivity index (χ4v) is 3.64. The predicted molar refractivity (Wildman–Crippen MR) is 108 cm³/mol. The van der Waals surface area contributed by atoms with Gasteiger partial charge in [-0.2, -0.15) is 9.47 Å². The fraction of sp³-hybridized carbons (Fsp3) is 0.600. The Morgan fingerprint density at radius 1 is 1.31 bits per heavy atom. The van der Waals surface area contributed by atoms with E-state index in [1.807, 2.05) is 18.1 Å². The van der Waals surface area contributed by atoms with Crippen LogP contribution >= 0.6 is 36.3 Å². The summed E-state index contributed by atoms with van der Waals surface area (Å²) in [6, 6.07) is -0.349. The number of piperazine rings is 1. The molecule has 0 radical (unpaired) electrons. The van der Waals surface area contributed by atoms with Crippen molar-refractivity contribution in [2.45, 2.75) is 19.4 Å². The number of rotatable bonds is 5. The van der Waals surface area contributed by atoms with Gasteiger partial charge in [0.1, 0.15) is 11.9 Å². The first-order valence-corrected chi connectivity index (χ1v) is 8.91. The van der Waals surface area contributed by atoms with Crippen LogP contribution in [0.3, 0.4) is 0 Å². The van der Waals surface area contributed by atoms with E-state index in [2.05, 4.69) is 31.6 Å². The monoisotopic (exact) mass is 421 g/mol. The molecule has 1 saturated heterocycles. The maximum absolute atomic E-state index is 12.8. The van der Waals surface area contributed by atoms with Gasteiger partial charge in [-0.15, -0.1) is 24.8 Å². The van der Waals surface area contributed by atoms with E-state index >= 15 is 0 Å². The van der Waals surface area contributed by atoms with E-state index < -0.39 is 0 Å². The standard InChI is InChI=1S/C15H23N7OS.2ClH/c1-4-12-18-15(24-19-12)22-7-5-21(6-8-22)14(23)13(16-2)11-9-17-20(3)10-11;;/h9-10,13,16H,4-8H2,1-3H3;2*1H. The SMILES string of the molecule is CCc1nsc(N2CCN(C(=O)C(NC)c3cnn(C)c3)CC2)n1.Cl.Cl. The number of nitrogens with zero attached hydrogens (tertiary/aromatic N) is 6. The number of aromatic nitrogens is 4. The van der Waals surface area contributed by atoms with Crippen molar-refractivity contribution in [2.24, 2.45) is 7.05 Å². The van der Waals surface area contributed by atoms with Gasteiger partial charge in [0.25, 0.3) is 0 Å². The lowest BCUT2D eigenvalue weighted by molar-refractivity contribution is -0.133. The summed E-state index contributed by atoms with van der Waals surface area (Å²) in [4.78, 5) is 21.5. The molecular formula is C15H25Cl2N7OS. The van der Waals surface area contributed by atoms with E-state index in [9.17, 15) is 4.79 Å². The molecule has 11 heteroatoms. The van der Waals surface area contributed by atoms with Gasteiger partial charge in [-0.25, -0.2) is 4.98 Å². The number of carbonyl (C=O) groups excluding carboxylic acids is 1. The first kappa shape index (κ1) is 22.6. The third-order valence-electron chi connectivity index (χ3n) is 4.23. The lowest BCUT2D eigenvalue weighted by Gasteiger charge is -2.36. The van der Waals surface area contributed by atoms with E-state index in [-0.39, 0.29) is 36.8 Å². The van der Waals surface area contributed by atoms with Crippen LogP contribution in [0.4, 0.5) is 5.13 Å². The summed E-state index contributed by atoms with van der Waals surface area (Å²) in [5.74, 6) is 0.983. The Labute approximate surface area is 169 Å². The second kappa shape index (κ2) is 10.1. The molecule has 8 nitrogen and oxygen atoms in total. The molecule has 26 heavy (non-hydrogen) atoms. The van der Waals surface area contributed by atoms with Gasteiger partial charge in [0.05, 0.1) is 6.20 Å². The van der Waals surface area contributed by atoms with Crippen molar-refractivity contribution in [2.75, 3.05) is 38.1 Å². The number of anilines is 1. The van der Waals surface area contributed by atoms with Crippen molar-refractivity contribution in [3.63, 3.8) is 0 Å². The highest BCUT2D eigenvalue weighted by Gasteiger charge is 2.29. The number of hydrogen-bond acceptors (Lipinski definition) is 7. The van der Waals surface area contributed by atoms with Crippen LogP contribution in [-0.2, 0) is 18.3 Å². The van der Waals surface area contributed by atoms with Crippen molar-refractivity contribution in [3.8, 4) is 0 Å². The molecule has 3 heterocycles. The smallest absolute Gasteiger partial charge is 0.244 e. The third-order valence-corrected chi connectivity index (χ3v) is 5.04. The van der Waals surface area contributed by atoms with E-state index in [1.54, 1.807) is 17.9 Å². The lowest BCUT2D eigenvalue weighted by Crippen LogP contribution is -2.51. The number of amides is 1. The van der Waals surface area contributed by atoms with Crippen LogP contribution in [0.2, 0.25) is 0 Å². The second-order valence-electron chi connectivity index (χ2n) is 5.83. The van der Waals surface area contributed by atoms with Crippen LogP contribution in [0.15, 0.2) is 12.4 Å². The Kier molecular flexibility index (Phi) is 8.75. The Balaban J connectivity index is 0.00000169. The Morgan fingerprint density at radius 2 is 2.00 bits per heavy atom. The van der Waals surface area contributed by atoms with Crippen molar-refractivity contribution in [1.82, 2.24) is 29.4 Å². The minimum Gasteiger partial charge on any atom is -0.343 e. The van der Waals surface area contributed by atoms with Crippen LogP contribution in [0.25, 0.3) is 0 Å². The average molecular weight is 422 g/mol. The number of likely N-dealkylation sites (N-methyl/N-ethyl adjacent to an activating group) is 1. The van der Waals surface area contributed by atoms with Gasteiger partial charge in [0.15, 0.2) is 0 Å². The van der Waals surface area contributed by atoms with Gasteiger partial charge in [0.2, 0.25) is 11.0 Å². The highest BCUT2D eigenvalue weighted by molar-refractivity contribution is 7.09. The topological polar surface area (TPSA) is 79.2 Å². The fourth-order valence-electron chi connectivity index (χ4n) is 2.84. The molecule has 1 aliphatic heterocycles. The number of aryl methyl sites for hydroxylation is 2. The summed E-state index contributed by atoms with van der Waals surface area (Å²) >= 11 is 1.44. The van der Waals surface area contributed by atoms with Gasteiger partial charge in [-0.05, 0) is 7.05 Å². The zero-order valence-corrected chi connectivity index (χ0v) is 17.5. The zero-order valence-electron chi connectivity index (χ0n) is 15.1. The van der Waals surface area contributed by atoms with Gasteiger partial charge >= 0.3 is 0 Å². The summed E-state index contributed by atoms with van der Waals surface area (Å²) < 4.78 is 6.05. The molecule has 0 aromatic carbocycles. The third kappa shape index (κ3) is 4.85. The van der Waals surface area contributed by atoms with Crippen molar-refractivity contribution in [3.05, 3.63) is 23.8 Å². The normalized spacial score (nSPS) is 15.2. The van der Waals surface area contributed by atoms with E-state index in [0.717, 1.165) is 36.0 Å². The summed E-state index contributed by atoms with van der Waals surface area (Å²) in [7, 11) is 3.66. The van der Waals surface area contributed by atoms with Gasteiger partial charge in [-0.1, -0.05) is 6.92 Å². The highest BCUT2D eigenvalue weighted by atomic mass is 35.5. The quantitative estimate of drug-likeness (QED) is 0.783. The molecule has 0 saturated carbocycles. The van der Waals surface area contributed by atoms with Crippen LogP contribution in [0.1, 0.15) is 24.4 Å². The van der Waals surface area contributed by atoms with Gasteiger partial charge < -0.3 is 15.1 Å². The van der Waals surface area contributed by atoms with Crippen LogP contribution in [0.5, 0.6) is 0 Å². The summed E-state index contributed by atoms with van der Waals surface area (Å²) in [6.45, 7) is 5.01.